The fraction of sp³-hybridized carbons (Fsp3) is 0.441. The molecule has 1 saturated heterocycles. The van der Waals surface area contributed by atoms with Gasteiger partial charge in [0.15, 0.2) is 0 Å². The zero-order valence-corrected chi connectivity index (χ0v) is 25.4. The van der Waals surface area contributed by atoms with E-state index in [4.69, 9.17) is 5.73 Å². The van der Waals surface area contributed by atoms with Gasteiger partial charge in [-0.25, -0.2) is 4.79 Å². The lowest BCUT2D eigenvalue weighted by atomic mass is 9.93. The molecule has 224 valence electrons. The van der Waals surface area contributed by atoms with Crippen LogP contribution in [0.5, 0.6) is 0 Å². The number of nitrogens with one attached hydrogen (secondary N) is 1. The summed E-state index contributed by atoms with van der Waals surface area (Å²) in [7, 11) is 0. The predicted molar refractivity (Wildman–Crippen MR) is 169 cm³/mol. The number of piperidine rings is 1. The lowest BCUT2D eigenvalue weighted by molar-refractivity contribution is -0.135. The Kier molecular flexibility index (Phi) is 9.44. The van der Waals surface area contributed by atoms with Gasteiger partial charge in [-0.05, 0) is 80.0 Å². The maximum absolute atomic E-state index is 13.7. The van der Waals surface area contributed by atoms with E-state index in [1.165, 1.54) is 4.90 Å². The molecule has 42 heavy (non-hydrogen) atoms. The van der Waals surface area contributed by atoms with E-state index in [-0.39, 0.29) is 24.2 Å². The van der Waals surface area contributed by atoms with E-state index in [1.807, 2.05) is 75.4 Å². The first-order valence-corrected chi connectivity index (χ1v) is 14.8. The molecule has 3 amide bonds. The molecule has 0 spiro atoms. The number of carboxylic acid groups (broad SMARTS) is 1. The van der Waals surface area contributed by atoms with Crippen molar-refractivity contribution >= 4 is 40.1 Å². The van der Waals surface area contributed by atoms with E-state index in [1.54, 1.807) is 4.90 Å². The Morgan fingerprint density at radius 1 is 1.05 bits per heavy atom. The van der Waals surface area contributed by atoms with Crippen LogP contribution in [0.15, 0.2) is 60.7 Å². The highest BCUT2D eigenvalue weighted by Crippen LogP contribution is 2.28. The molecule has 2 atom stereocenters. The van der Waals surface area contributed by atoms with E-state index in [2.05, 4.69) is 25.2 Å². The normalized spacial score (nSPS) is 16.3. The van der Waals surface area contributed by atoms with Crippen LogP contribution in [0.25, 0.3) is 10.8 Å². The fourth-order valence-corrected chi connectivity index (χ4v) is 5.92. The quantitative estimate of drug-likeness (QED) is 0.266. The highest BCUT2D eigenvalue weighted by atomic mass is 16.4. The summed E-state index contributed by atoms with van der Waals surface area (Å²) < 4.78 is 0. The lowest BCUT2D eigenvalue weighted by Gasteiger charge is -2.41. The standard InChI is InChI=1S/C34H44N4O4/c1-22(2)25-14-15-30(29(35)19-25)36-32(40)27-11-8-16-37(21-27)31(39)20-28(38(33(41)42)34(3,4)5)18-23-12-13-24-9-6-7-10-26(24)17-23/h6-7,9-10,12-15,17,19,22,27-28H,8,11,16,18,20-21,35H2,1-5H3,(H,36,40)(H,41,42)/t27-,28-/m1/s1. The van der Waals surface area contributed by atoms with Crippen LogP contribution in [0.4, 0.5) is 16.2 Å². The number of rotatable bonds is 8. The molecule has 1 aliphatic rings. The van der Waals surface area contributed by atoms with Crippen LogP contribution in [0.2, 0.25) is 0 Å². The summed E-state index contributed by atoms with van der Waals surface area (Å²) in [5.41, 5.74) is 8.68. The molecule has 1 fully saturated rings. The Bertz CT molecular complexity index is 1440. The molecular weight excluding hydrogens is 528 g/mol. The SMILES string of the molecule is CC(C)c1ccc(NC(=O)[C@@H]2CCCN(C(=O)C[C@@H](Cc3ccc4ccccc4c3)N(C(=O)O)C(C)(C)C)C2)c(N)c1. The van der Waals surface area contributed by atoms with Crippen molar-refractivity contribution in [3.05, 3.63) is 71.8 Å². The van der Waals surface area contributed by atoms with Gasteiger partial charge in [0.05, 0.1) is 17.3 Å². The number of hydrogen-bond acceptors (Lipinski definition) is 4. The summed E-state index contributed by atoms with van der Waals surface area (Å²) in [6.45, 7) is 10.5. The van der Waals surface area contributed by atoms with Crippen LogP contribution in [-0.4, -0.2) is 57.5 Å². The topological polar surface area (TPSA) is 116 Å². The molecule has 8 heteroatoms. The van der Waals surface area contributed by atoms with E-state index in [0.717, 1.165) is 21.9 Å². The summed E-state index contributed by atoms with van der Waals surface area (Å²) in [5.74, 6) is -0.347. The zero-order chi connectivity index (χ0) is 30.6. The van der Waals surface area contributed by atoms with Crippen molar-refractivity contribution in [2.24, 2.45) is 5.92 Å². The Balaban J connectivity index is 1.49. The van der Waals surface area contributed by atoms with Crippen molar-refractivity contribution in [1.82, 2.24) is 9.80 Å². The van der Waals surface area contributed by atoms with Crippen molar-refractivity contribution in [1.29, 1.82) is 0 Å². The summed E-state index contributed by atoms with van der Waals surface area (Å²) in [5, 5.41) is 15.4. The smallest absolute Gasteiger partial charge is 0.408 e. The van der Waals surface area contributed by atoms with Crippen LogP contribution in [0, 0.1) is 5.92 Å². The zero-order valence-electron chi connectivity index (χ0n) is 25.4. The number of nitrogen functional groups attached to an aromatic ring is 1. The molecular formula is C34H44N4O4. The van der Waals surface area contributed by atoms with E-state index in [9.17, 15) is 19.5 Å². The molecule has 0 bridgehead atoms. The monoisotopic (exact) mass is 572 g/mol. The van der Waals surface area contributed by atoms with Crippen LogP contribution >= 0.6 is 0 Å². The molecule has 8 nitrogen and oxygen atoms in total. The summed E-state index contributed by atoms with van der Waals surface area (Å²) in [6, 6.07) is 19.2. The predicted octanol–water partition coefficient (Wildman–Crippen LogP) is 6.50. The molecule has 3 aromatic carbocycles. The van der Waals surface area contributed by atoms with Gasteiger partial charge < -0.3 is 21.1 Å². The number of amides is 3. The first kappa shape index (κ1) is 30.9. The van der Waals surface area contributed by atoms with Crippen LogP contribution in [0.1, 0.15) is 70.9 Å². The van der Waals surface area contributed by atoms with E-state index in [0.29, 0.717) is 49.6 Å². The number of hydrogen-bond donors (Lipinski definition) is 3. The minimum absolute atomic E-state index is 0.0361. The van der Waals surface area contributed by atoms with Crippen LogP contribution in [0.3, 0.4) is 0 Å². The third-order valence-corrected chi connectivity index (χ3v) is 8.13. The number of carbonyl (C=O) groups is 3. The molecule has 0 aliphatic carbocycles. The largest absolute Gasteiger partial charge is 0.465 e. The Morgan fingerprint density at radius 3 is 2.40 bits per heavy atom. The van der Waals surface area contributed by atoms with Crippen molar-refractivity contribution in [2.45, 2.75) is 77.8 Å². The molecule has 0 saturated carbocycles. The minimum Gasteiger partial charge on any atom is -0.465 e. The number of fused-ring (bicyclic) bond motifs is 1. The Hall–Kier alpha value is -4.07. The van der Waals surface area contributed by atoms with E-state index < -0.39 is 17.7 Å². The van der Waals surface area contributed by atoms with Gasteiger partial charge in [-0.2, -0.15) is 0 Å². The van der Waals surface area contributed by atoms with Crippen molar-refractivity contribution < 1.29 is 19.5 Å². The number of anilines is 2. The molecule has 1 heterocycles. The summed E-state index contributed by atoms with van der Waals surface area (Å²) in [4.78, 5) is 42.5. The first-order chi connectivity index (χ1) is 19.8. The van der Waals surface area contributed by atoms with Gasteiger partial charge in [0.2, 0.25) is 11.8 Å². The summed E-state index contributed by atoms with van der Waals surface area (Å²) >= 11 is 0. The third-order valence-electron chi connectivity index (χ3n) is 8.13. The van der Waals surface area contributed by atoms with Gasteiger partial charge in [0.1, 0.15) is 0 Å². The maximum Gasteiger partial charge on any atom is 0.408 e. The Labute approximate surface area is 248 Å². The molecule has 4 N–H and O–H groups in total. The van der Waals surface area contributed by atoms with Gasteiger partial charge in [-0.15, -0.1) is 0 Å². The number of benzene rings is 3. The molecule has 1 aliphatic heterocycles. The highest BCUT2D eigenvalue weighted by Gasteiger charge is 2.37. The second-order valence-electron chi connectivity index (χ2n) is 12.7. The molecule has 0 radical (unpaired) electrons. The van der Waals surface area contributed by atoms with Gasteiger partial charge in [-0.3, -0.25) is 14.5 Å². The van der Waals surface area contributed by atoms with Crippen molar-refractivity contribution in [3.8, 4) is 0 Å². The van der Waals surface area contributed by atoms with Gasteiger partial charge in [0.25, 0.3) is 0 Å². The number of carbonyl (C=O) groups excluding carboxylic acids is 2. The molecule has 4 rings (SSSR count). The third kappa shape index (κ3) is 7.41. The molecule has 0 aromatic heterocycles. The lowest BCUT2D eigenvalue weighted by Crippen LogP contribution is -2.54. The maximum atomic E-state index is 13.7. The molecule has 3 aromatic rings. The number of nitrogens with zero attached hydrogens (tertiary/aromatic N) is 2. The van der Waals surface area contributed by atoms with Crippen molar-refractivity contribution in [2.75, 3.05) is 24.1 Å². The summed E-state index contributed by atoms with van der Waals surface area (Å²) in [6.07, 6.45) is 0.752. The highest BCUT2D eigenvalue weighted by molar-refractivity contribution is 5.96. The number of nitrogens with two attached hydrogens (primary N) is 1. The fourth-order valence-electron chi connectivity index (χ4n) is 5.92. The van der Waals surface area contributed by atoms with E-state index >= 15 is 0 Å². The average Bonchev–Trinajstić information content (AvgIpc) is 2.93. The minimum atomic E-state index is -1.06. The average molecular weight is 573 g/mol. The second kappa shape index (κ2) is 12.8. The molecule has 0 unspecified atom stereocenters. The van der Waals surface area contributed by atoms with Gasteiger partial charge in [-0.1, -0.05) is 62.4 Å². The Morgan fingerprint density at radius 2 is 1.76 bits per heavy atom. The van der Waals surface area contributed by atoms with Crippen LogP contribution < -0.4 is 11.1 Å². The van der Waals surface area contributed by atoms with Crippen LogP contribution in [-0.2, 0) is 16.0 Å². The number of likely N-dealkylation sites (tertiary alicyclic amines) is 1. The van der Waals surface area contributed by atoms with Gasteiger partial charge >= 0.3 is 6.09 Å². The first-order valence-electron chi connectivity index (χ1n) is 14.8. The second-order valence-corrected chi connectivity index (χ2v) is 12.7. The van der Waals surface area contributed by atoms with Crippen molar-refractivity contribution in [3.63, 3.8) is 0 Å². The van der Waals surface area contributed by atoms with Gasteiger partial charge in [0, 0.05) is 31.1 Å².